The number of rotatable bonds is 4. The maximum atomic E-state index is 6.48. The van der Waals surface area contributed by atoms with Gasteiger partial charge < -0.3 is 9.47 Å². The van der Waals surface area contributed by atoms with Gasteiger partial charge in [0.1, 0.15) is 24.4 Å². The zero-order chi connectivity index (χ0) is 24.1. The molecule has 7 rings (SSSR count). The van der Waals surface area contributed by atoms with E-state index in [0.717, 1.165) is 50.2 Å². The van der Waals surface area contributed by atoms with Gasteiger partial charge in [0, 0.05) is 16.9 Å². The molecule has 3 heterocycles. The van der Waals surface area contributed by atoms with Gasteiger partial charge >= 0.3 is 0 Å². The Balaban J connectivity index is 1.38. The minimum absolute atomic E-state index is 0.0971. The van der Waals surface area contributed by atoms with E-state index in [9.17, 15) is 0 Å². The highest BCUT2D eigenvalue weighted by Crippen LogP contribution is 2.50. The van der Waals surface area contributed by atoms with Gasteiger partial charge in [-0.1, -0.05) is 84.9 Å². The third-order valence-corrected chi connectivity index (χ3v) is 6.72. The number of aryl methyl sites for hydroxylation is 1. The first-order valence-electron chi connectivity index (χ1n) is 11.9. The van der Waals surface area contributed by atoms with Gasteiger partial charge in [0.25, 0.3) is 0 Å². The Kier molecular flexibility index (Phi) is 4.70. The smallest absolute Gasteiger partial charge is 0.228 e. The largest absolute Gasteiger partial charge is 0.485 e. The fourth-order valence-electron chi connectivity index (χ4n) is 5.00. The van der Waals surface area contributed by atoms with Crippen molar-refractivity contribution in [3.8, 4) is 17.4 Å². The molecule has 0 unspecified atom stereocenters. The van der Waals surface area contributed by atoms with E-state index in [4.69, 9.17) is 14.5 Å². The quantitative estimate of drug-likeness (QED) is 0.296. The first-order valence-corrected chi connectivity index (χ1v) is 11.9. The highest BCUT2D eigenvalue weighted by Gasteiger charge is 2.34. The molecule has 0 amide bonds. The van der Waals surface area contributed by atoms with Gasteiger partial charge in [-0.15, -0.1) is 5.10 Å². The first kappa shape index (κ1) is 20.6. The van der Waals surface area contributed by atoms with Crippen molar-refractivity contribution < 1.29 is 9.47 Å². The Morgan fingerprint density at radius 3 is 2.58 bits per heavy atom. The van der Waals surface area contributed by atoms with Crippen LogP contribution in [0.15, 0.2) is 97.3 Å². The Hall–Kier alpha value is -4.71. The number of nitrogens with zero attached hydrogens (tertiary/aromatic N) is 4. The molecule has 36 heavy (non-hydrogen) atoms. The zero-order valence-electron chi connectivity index (χ0n) is 19.6. The van der Waals surface area contributed by atoms with Crippen LogP contribution in [0.2, 0.25) is 0 Å². The number of para-hydroxylation sites is 1. The summed E-state index contributed by atoms with van der Waals surface area (Å²) in [7, 11) is 0. The molecule has 4 aromatic carbocycles. The molecule has 0 aliphatic carbocycles. The van der Waals surface area contributed by atoms with Crippen molar-refractivity contribution in [2.24, 2.45) is 0 Å². The van der Waals surface area contributed by atoms with Gasteiger partial charge in [-0.25, -0.2) is 14.5 Å². The molecule has 0 radical (unpaired) electrons. The van der Waals surface area contributed by atoms with Gasteiger partial charge in [0.05, 0.1) is 5.56 Å². The number of benzene rings is 4. The molecule has 0 fully saturated rings. The molecule has 1 aliphatic heterocycles. The van der Waals surface area contributed by atoms with Crippen LogP contribution in [0.4, 0.5) is 0 Å². The van der Waals surface area contributed by atoms with Crippen molar-refractivity contribution >= 4 is 16.4 Å². The molecule has 174 valence electrons. The summed E-state index contributed by atoms with van der Waals surface area (Å²) in [6, 6.07) is 30.9. The highest BCUT2D eigenvalue weighted by molar-refractivity contribution is 5.91. The normalized spacial score (nSPS) is 14.3. The fraction of sp³-hybridized carbons (Fsp3) is 0.100. The van der Waals surface area contributed by atoms with E-state index in [0.29, 0.717) is 11.7 Å². The van der Waals surface area contributed by atoms with Crippen LogP contribution in [0.3, 0.4) is 0 Å². The SMILES string of the molecule is Cc1ccccc1OCc1nc2c3c(ncn2n1)Oc1c(ccc2ccccc12)[C@@H]3c1ccccc1. The topological polar surface area (TPSA) is 61.5 Å². The van der Waals surface area contributed by atoms with E-state index in [1.807, 2.05) is 49.4 Å². The molecule has 1 atom stereocenters. The molecular weight excluding hydrogens is 448 g/mol. The van der Waals surface area contributed by atoms with Gasteiger partial charge in [0.2, 0.25) is 5.88 Å². The number of hydrogen-bond acceptors (Lipinski definition) is 5. The van der Waals surface area contributed by atoms with Gasteiger partial charge in [-0.2, -0.15) is 0 Å². The minimum atomic E-state index is -0.0971. The van der Waals surface area contributed by atoms with E-state index >= 15 is 0 Å². The third kappa shape index (κ3) is 3.30. The number of aromatic nitrogens is 4. The molecule has 6 heteroatoms. The maximum absolute atomic E-state index is 6.48. The van der Waals surface area contributed by atoms with Crippen molar-refractivity contribution in [2.45, 2.75) is 19.4 Å². The lowest BCUT2D eigenvalue weighted by Crippen LogP contribution is -2.15. The van der Waals surface area contributed by atoms with Crippen LogP contribution >= 0.6 is 0 Å². The molecule has 6 nitrogen and oxygen atoms in total. The van der Waals surface area contributed by atoms with Gasteiger partial charge in [-0.05, 0) is 29.5 Å². The van der Waals surface area contributed by atoms with Crippen molar-refractivity contribution in [2.75, 3.05) is 0 Å². The van der Waals surface area contributed by atoms with E-state index in [1.165, 1.54) is 0 Å². The van der Waals surface area contributed by atoms with Crippen LogP contribution in [0.5, 0.6) is 17.4 Å². The molecule has 0 saturated heterocycles. The van der Waals surface area contributed by atoms with E-state index in [1.54, 1.807) is 10.8 Å². The molecule has 0 spiro atoms. The van der Waals surface area contributed by atoms with Crippen molar-refractivity contribution in [1.29, 1.82) is 0 Å². The van der Waals surface area contributed by atoms with Crippen molar-refractivity contribution in [3.63, 3.8) is 0 Å². The lowest BCUT2D eigenvalue weighted by Gasteiger charge is -2.28. The number of hydrogen-bond donors (Lipinski definition) is 0. The summed E-state index contributed by atoms with van der Waals surface area (Å²) in [6.07, 6.45) is 1.66. The van der Waals surface area contributed by atoms with Crippen molar-refractivity contribution in [3.05, 3.63) is 125 Å². The van der Waals surface area contributed by atoms with E-state index < -0.39 is 0 Å². The second-order valence-electron chi connectivity index (χ2n) is 8.96. The van der Waals surface area contributed by atoms with Crippen LogP contribution in [0.25, 0.3) is 16.4 Å². The number of fused-ring (bicyclic) bond motifs is 6. The average Bonchev–Trinajstić information content (AvgIpc) is 3.35. The second-order valence-corrected chi connectivity index (χ2v) is 8.96. The van der Waals surface area contributed by atoms with E-state index in [-0.39, 0.29) is 12.5 Å². The maximum Gasteiger partial charge on any atom is 0.228 e. The fourth-order valence-corrected chi connectivity index (χ4v) is 5.00. The molecule has 6 aromatic rings. The van der Waals surface area contributed by atoms with Crippen LogP contribution in [-0.4, -0.2) is 19.6 Å². The van der Waals surface area contributed by atoms with Crippen molar-refractivity contribution in [1.82, 2.24) is 19.6 Å². The molecule has 0 N–H and O–H groups in total. The summed E-state index contributed by atoms with van der Waals surface area (Å²) >= 11 is 0. The standard InChI is InChI=1S/C30H22N4O2/c1-19-9-5-8-14-24(19)35-17-25-32-29-27-26(21-11-3-2-4-12-21)23-16-15-20-10-6-7-13-22(20)28(23)36-30(27)31-18-34(29)33-25/h2-16,18,26H,17H2,1H3/t26-/m0/s1. The van der Waals surface area contributed by atoms with E-state index in [2.05, 4.69) is 58.6 Å². The Labute approximate surface area is 207 Å². The zero-order valence-corrected chi connectivity index (χ0v) is 19.6. The molecule has 0 saturated carbocycles. The third-order valence-electron chi connectivity index (χ3n) is 6.72. The van der Waals surface area contributed by atoms with Crippen LogP contribution < -0.4 is 9.47 Å². The molecular formula is C30H22N4O2. The monoisotopic (exact) mass is 470 g/mol. The minimum Gasteiger partial charge on any atom is -0.485 e. The summed E-state index contributed by atoms with van der Waals surface area (Å²) in [4.78, 5) is 9.56. The van der Waals surface area contributed by atoms with Crippen LogP contribution in [0.1, 0.15) is 34.0 Å². The lowest BCUT2D eigenvalue weighted by atomic mass is 9.83. The summed E-state index contributed by atoms with van der Waals surface area (Å²) in [5.74, 6) is 2.71. The first-order chi connectivity index (χ1) is 17.8. The highest BCUT2D eigenvalue weighted by atomic mass is 16.5. The van der Waals surface area contributed by atoms with Gasteiger partial charge in [-0.3, -0.25) is 0 Å². The molecule has 0 bridgehead atoms. The Morgan fingerprint density at radius 1 is 0.889 bits per heavy atom. The lowest BCUT2D eigenvalue weighted by molar-refractivity contribution is 0.294. The summed E-state index contributed by atoms with van der Waals surface area (Å²) in [5, 5.41) is 6.86. The predicted octanol–water partition coefficient (Wildman–Crippen LogP) is 6.45. The summed E-state index contributed by atoms with van der Waals surface area (Å²) < 4.78 is 14.2. The summed E-state index contributed by atoms with van der Waals surface area (Å²) in [6.45, 7) is 2.29. The number of ether oxygens (including phenoxy) is 2. The second kappa shape index (κ2) is 8.20. The molecule has 2 aromatic heterocycles. The summed E-state index contributed by atoms with van der Waals surface area (Å²) in [5.41, 5.74) is 4.93. The predicted molar refractivity (Wildman–Crippen MR) is 138 cm³/mol. The molecule has 1 aliphatic rings. The van der Waals surface area contributed by atoms with Gasteiger partial charge in [0.15, 0.2) is 11.5 Å². The van der Waals surface area contributed by atoms with Crippen LogP contribution in [-0.2, 0) is 6.61 Å². The Morgan fingerprint density at radius 2 is 1.69 bits per heavy atom. The van der Waals surface area contributed by atoms with Crippen LogP contribution in [0, 0.1) is 6.92 Å². The Bertz CT molecular complexity index is 1740. The average molecular weight is 471 g/mol.